The molecule has 1 aromatic carbocycles. The number of anilines is 1. The lowest BCUT2D eigenvalue weighted by molar-refractivity contribution is -0.126. The Morgan fingerprint density at radius 2 is 2.17 bits per heavy atom. The molecule has 23 heavy (non-hydrogen) atoms. The van der Waals surface area contributed by atoms with Gasteiger partial charge in [-0.1, -0.05) is 23.5 Å². The van der Waals surface area contributed by atoms with E-state index in [1.807, 2.05) is 25.1 Å². The summed E-state index contributed by atoms with van der Waals surface area (Å²) in [5, 5.41) is 13.0. The molecule has 5 nitrogen and oxygen atoms in total. The lowest BCUT2D eigenvalue weighted by Gasteiger charge is -2.31. The molecule has 1 aliphatic heterocycles. The van der Waals surface area contributed by atoms with E-state index in [2.05, 4.69) is 16.3 Å². The zero-order valence-electron chi connectivity index (χ0n) is 13.4. The zero-order chi connectivity index (χ0) is 16.2. The number of nitrogens with one attached hydrogen (secondary N) is 1. The molecule has 1 aliphatic rings. The summed E-state index contributed by atoms with van der Waals surface area (Å²) >= 11 is 1.72. The van der Waals surface area contributed by atoms with Crippen molar-refractivity contribution >= 4 is 32.6 Å². The number of rotatable bonds is 5. The van der Waals surface area contributed by atoms with Crippen molar-refractivity contribution in [3.8, 4) is 0 Å². The van der Waals surface area contributed by atoms with Crippen molar-refractivity contribution in [1.82, 2.24) is 10.3 Å². The number of thiazole rings is 1. The quantitative estimate of drug-likeness (QED) is 0.882. The van der Waals surface area contributed by atoms with Crippen molar-refractivity contribution < 1.29 is 9.90 Å². The molecule has 1 amide bonds. The minimum atomic E-state index is 0.0368. The zero-order valence-corrected chi connectivity index (χ0v) is 14.2. The van der Waals surface area contributed by atoms with E-state index in [4.69, 9.17) is 10.1 Å². The molecule has 1 aromatic heterocycles. The van der Waals surface area contributed by atoms with E-state index >= 15 is 0 Å². The van der Waals surface area contributed by atoms with E-state index < -0.39 is 0 Å². The first-order chi connectivity index (χ1) is 11.2. The normalized spacial score (nSPS) is 17.4. The maximum absolute atomic E-state index is 12.2. The topological polar surface area (TPSA) is 65.5 Å². The molecule has 2 N–H and O–H groups in total. The number of aromatic nitrogens is 1. The molecular formula is C17H23N3O2S. The molecule has 1 fully saturated rings. The molecule has 0 radical (unpaired) electrons. The van der Waals surface area contributed by atoms with Crippen molar-refractivity contribution in [1.29, 1.82) is 0 Å². The maximum Gasteiger partial charge on any atom is 0.223 e. The molecule has 6 heteroatoms. The summed E-state index contributed by atoms with van der Waals surface area (Å²) in [6.45, 7) is 3.78. The summed E-state index contributed by atoms with van der Waals surface area (Å²) < 4.78 is 1.21. The molecule has 124 valence electrons. The van der Waals surface area contributed by atoms with Crippen molar-refractivity contribution in [3.63, 3.8) is 0 Å². The van der Waals surface area contributed by atoms with Gasteiger partial charge in [0.15, 0.2) is 5.13 Å². The van der Waals surface area contributed by atoms with E-state index in [1.165, 1.54) is 4.70 Å². The van der Waals surface area contributed by atoms with Crippen LogP contribution >= 0.6 is 11.3 Å². The van der Waals surface area contributed by atoms with Crippen LogP contribution in [0.25, 0.3) is 10.2 Å². The van der Waals surface area contributed by atoms with Crippen LogP contribution in [-0.2, 0) is 4.79 Å². The Morgan fingerprint density at radius 3 is 2.87 bits per heavy atom. The Bertz CT molecular complexity index is 632. The van der Waals surface area contributed by atoms with Gasteiger partial charge in [0.1, 0.15) is 0 Å². The first-order valence-electron chi connectivity index (χ1n) is 8.19. The molecule has 1 saturated heterocycles. The number of hydrogen-bond donors (Lipinski definition) is 2. The Labute approximate surface area is 140 Å². The summed E-state index contributed by atoms with van der Waals surface area (Å²) in [4.78, 5) is 19.2. The molecule has 2 aromatic rings. The third-order valence-corrected chi connectivity index (χ3v) is 5.47. The second-order valence-electron chi connectivity index (χ2n) is 6.15. The van der Waals surface area contributed by atoms with Crippen LogP contribution in [0.5, 0.6) is 0 Å². The minimum absolute atomic E-state index is 0.0368. The monoisotopic (exact) mass is 333 g/mol. The van der Waals surface area contributed by atoms with Gasteiger partial charge in [-0.2, -0.15) is 0 Å². The van der Waals surface area contributed by atoms with Gasteiger partial charge in [0.25, 0.3) is 0 Å². The van der Waals surface area contributed by atoms with Crippen LogP contribution in [0.15, 0.2) is 24.3 Å². The first-order valence-corrected chi connectivity index (χ1v) is 9.01. The van der Waals surface area contributed by atoms with E-state index in [-0.39, 0.29) is 24.5 Å². The van der Waals surface area contributed by atoms with Gasteiger partial charge < -0.3 is 15.3 Å². The largest absolute Gasteiger partial charge is 0.396 e. The summed E-state index contributed by atoms with van der Waals surface area (Å²) in [6, 6.07) is 8.22. The van der Waals surface area contributed by atoms with E-state index in [9.17, 15) is 4.79 Å². The van der Waals surface area contributed by atoms with Crippen molar-refractivity contribution in [2.75, 3.05) is 24.6 Å². The average molecular weight is 333 g/mol. The number of aliphatic hydroxyl groups is 1. The molecule has 3 rings (SSSR count). The average Bonchev–Trinajstić information content (AvgIpc) is 2.99. The van der Waals surface area contributed by atoms with E-state index in [1.54, 1.807) is 11.3 Å². The predicted molar refractivity (Wildman–Crippen MR) is 93.9 cm³/mol. The smallest absolute Gasteiger partial charge is 0.223 e. The number of nitrogens with zero attached hydrogens (tertiary/aromatic N) is 2. The SMILES string of the molecule is CC(CCO)NC(=O)C1CCN(c2nc3ccccc3s2)CC1. The van der Waals surface area contributed by atoms with Gasteiger partial charge in [0.2, 0.25) is 5.91 Å². The highest BCUT2D eigenvalue weighted by atomic mass is 32.1. The Balaban J connectivity index is 1.56. The number of amides is 1. The van der Waals surface area contributed by atoms with Gasteiger partial charge in [0, 0.05) is 31.7 Å². The summed E-state index contributed by atoms with van der Waals surface area (Å²) in [5.41, 5.74) is 1.05. The first kappa shape index (κ1) is 16.2. The highest BCUT2D eigenvalue weighted by Gasteiger charge is 2.27. The van der Waals surface area contributed by atoms with Gasteiger partial charge >= 0.3 is 0 Å². The number of para-hydroxylation sites is 1. The van der Waals surface area contributed by atoms with Gasteiger partial charge in [-0.25, -0.2) is 4.98 Å². The van der Waals surface area contributed by atoms with Crippen LogP contribution < -0.4 is 10.2 Å². The van der Waals surface area contributed by atoms with Crippen LogP contribution in [0, 0.1) is 5.92 Å². The third-order valence-electron chi connectivity index (χ3n) is 4.37. The Hall–Kier alpha value is -1.66. The van der Waals surface area contributed by atoms with E-state index in [0.717, 1.165) is 36.6 Å². The summed E-state index contributed by atoms with van der Waals surface area (Å²) in [7, 11) is 0. The fourth-order valence-corrected chi connectivity index (χ4v) is 3.97. The van der Waals surface area contributed by atoms with Crippen molar-refractivity contribution in [2.45, 2.75) is 32.2 Å². The number of aliphatic hydroxyl groups excluding tert-OH is 1. The predicted octanol–water partition coefficient (Wildman–Crippen LogP) is 2.40. The Morgan fingerprint density at radius 1 is 1.43 bits per heavy atom. The van der Waals surface area contributed by atoms with Gasteiger partial charge in [-0.05, 0) is 38.3 Å². The number of piperidine rings is 1. The molecule has 0 bridgehead atoms. The number of carbonyl (C=O) groups excluding carboxylic acids is 1. The number of fused-ring (bicyclic) bond motifs is 1. The minimum Gasteiger partial charge on any atom is -0.396 e. The highest BCUT2D eigenvalue weighted by Crippen LogP contribution is 2.31. The van der Waals surface area contributed by atoms with Crippen LogP contribution in [0.2, 0.25) is 0 Å². The second-order valence-corrected chi connectivity index (χ2v) is 7.16. The molecular weight excluding hydrogens is 310 g/mol. The molecule has 1 atom stereocenters. The standard InChI is InChI=1S/C17H23N3O2S/c1-12(8-11-21)18-16(22)13-6-9-20(10-7-13)17-19-14-4-2-3-5-15(14)23-17/h2-5,12-13,21H,6-11H2,1H3,(H,18,22). The lowest BCUT2D eigenvalue weighted by atomic mass is 9.96. The lowest BCUT2D eigenvalue weighted by Crippen LogP contribution is -2.43. The summed E-state index contributed by atoms with van der Waals surface area (Å²) in [6.07, 6.45) is 2.32. The van der Waals surface area contributed by atoms with Crippen LogP contribution in [0.4, 0.5) is 5.13 Å². The van der Waals surface area contributed by atoms with Gasteiger partial charge in [-0.3, -0.25) is 4.79 Å². The number of hydrogen-bond acceptors (Lipinski definition) is 5. The van der Waals surface area contributed by atoms with Gasteiger partial charge in [-0.15, -0.1) is 0 Å². The van der Waals surface area contributed by atoms with Gasteiger partial charge in [0.05, 0.1) is 10.2 Å². The highest BCUT2D eigenvalue weighted by molar-refractivity contribution is 7.22. The Kier molecular flexibility index (Phi) is 5.13. The number of carbonyl (C=O) groups is 1. The number of benzene rings is 1. The van der Waals surface area contributed by atoms with Crippen LogP contribution in [-0.4, -0.2) is 41.7 Å². The fraction of sp³-hybridized carbons (Fsp3) is 0.529. The summed E-state index contributed by atoms with van der Waals surface area (Å²) in [5.74, 6) is 0.191. The van der Waals surface area contributed by atoms with Crippen LogP contribution in [0.1, 0.15) is 26.2 Å². The van der Waals surface area contributed by atoms with Crippen molar-refractivity contribution in [3.05, 3.63) is 24.3 Å². The van der Waals surface area contributed by atoms with Crippen LogP contribution in [0.3, 0.4) is 0 Å². The maximum atomic E-state index is 12.2. The molecule has 0 spiro atoms. The van der Waals surface area contributed by atoms with Crippen molar-refractivity contribution in [2.24, 2.45) is 5.92 Å². The molecule has 0 saturated carbocycles. The molecule has 2 heterocycles. The molecule has 1 unspecified atom stereocenters. The third kappa shape index (κ3) is 3.82. The second kappa shape index (κ2) is 7.27. The fourth-order valence-electron chi connectivity index (χ4n) is 2.95. The molecule has 0 aliphatic carbocycles. The van der Waals surface area contributed by atoms with E-state index in [0.29, 0.717) is 6.42 Å².